The first kappa shape index (κ1) is 14.3. The number of para-hydroxylation sites is 1. The Kier molecular flexibility index (Phi) is 4.36. The van der Waals surface area contributed by atoms with Crippen LogP contribution in [0, 0.1) is 11.3 Å². The molecule has 2 N–H and O–H groups in total. The third kappa shape index (κ3) is 2.92. The van der Waals surface area contributed by atoms with Crippen LogP contribution in [0.4, 0.5) is 11.4 Å². The van der Waals surface area contributed by atoms with Crippen LogP contribution in [0.2, 0.25) is 0 Å². The highest BCUT2D eigenvalue weighted by Gasteiger charge is 2.16. The zero-order chi connectivity index (χ0) is 15.2. The van der Waals surface area contributed by atoms with Gasteiger partial charge in [-0.1, -0.05) is 6.07 Å². The van der Waals surface area contributed by atoms with Gasteiger partial charge in [-0.3, -0.25) is 9.78 Å². The van der Waals surface area contributed by atoms with Crippen molar-refractivity contribution in [1.82, 2.24) is 4.98 Å². The molecule has 6 nitrogen and oxygen atoms in total. The molecule has 2 rings (SSSR count). The second-order valence-electron chi connectivity index (χ2n) is 4.12. The van der Waals surface area contributed by atoms with Crippen LogP contribution in [-0.4, -0.2) is 25.0 Å². The van der Waals surface area contributed by atoms with E-state index in [0.29, 0.717) is 28.3 Å². The van der Waals surface area contributed by atoms with Gasteiger partial charge in [-0.05, 0) is 18.2 Å². The van der Waals surface area contributed by atoms with E-state index in [1.807, 2.05) is 6.07 Å². The third-order valence-corrected chi connectivity index (χ3v) is 2.94. The quantitative estimate of drug-likeness (QED) is 0.898. The molecule has 0 bridgehead atoms. The van der Waals surface area contributed by atoms with Gasteiger partial charge < -0.3 is 15.4 Å². The molecule has 1 aromatic carbocycles. The molecule has 0 atom stereocenters. The number of nitrogens with one attached hydrogen (secondary N) is 2. The van der Waals surface area contributed by atoms with E-state index < -0.39 is 0 Å². The van der Waals surface area contributed by atoms with E-state index >= 15 is 0 Å². The van der Waals surface area contributed by atoms with Crippen molar-refractivity contribution in [3.05, 3.63) is 47.8 Å². The Balaban J connectivity index is 2.39. The number of amides is 1. The van der Waals surface area contributed by atoms with Crippen molar-refractivity contribution in [2.75, 3.05) is 24.8 Å². The van der Waals surface area contributed by atoms with Gasteiger partial charge in [-0.25, -0.2) is 0 Å². The first-order valence-electron chi connectivity index (χ1n) is 6.21. The van der Waals surface area contributed by atoms with Crippen molar-refractivity contribution in [3.8, 4) is 11.8 Å². The minimum atomic E-state index is -0.367. The van der Waals surface area contributed by atoms with Crippen LogP contribution in [0.25, 0.3) is 0 Å². The molecule has 0 aliphatic rings. The summed E-state index contributed by atoms with van der Waals surface area (Å²) in [6.45, 7) is 0. The number of ether oxygens (including phenoxy) is 1. The molecule has 106 valence electrons. The summed E-state index contributed by atoms with van der Waals surface area (Å²) in [4.78, 5) is 16.3. The molecule has 0 aliphatic heterocycles. The highest BCUT2D eigenvalue weighted by atomic mass is 16.5. The fourth-order valence-corrected chi connectivity index (χ4v) is 1.90. The van der Waals surface area contributed by atoms with Crippen LogP contribution < -0.4 is 15.4 Å². The summed E-state index contributed by atoms with van der Waals surface area (Å²) in [5, 5.41) is 14.8. The maximum Gasteiger partial charge on any atom is 0.259 e. The monoisotopic (exact) mass is 282 g/mol. The molecule has 0 radical (unpaired) electrons. The van der Waals surface area contributed by atoms with E-state index in [1.54, 1.807) is 37.5 Å². The third-order valence-electron chi connectivity index (χ3n) is 2.94. The van der Waals surface area contributed by atoms with E-state index in [2.05, 4.69) is 15.6 Å². The lowest BCUT2D eigenvalue weighted by atomic mass is 10.1. The first-order valence-corrected chi connectivity index (χ1v) is 6.21. The lowest BCUT2D eigenvalue weighted by Crippen LogP contribution is -2.15. The fourth-order valence-electron chi connectivity index (χ4n) is 1.90. The molecule has 0 saturated carbocycles. The molecule has 0 aliphatic carbocycles. The largest absolute Gasteiger partial charge is 0.495 e. The normalized spacial score (nSPS) is 9.57. The molecule has 1 heterocycles. The summed E-state index contributed by atoms with van der Waals surface area (Å²) < 4.78 is 5.18. The van der Waals surface area contributed by atoms with Crippen molar-refractivity contribution < 1.29 is 9.53 Å². The zero-order valence-corrected chi connectivity index (χ0v) is 11.7. The summed E-state index contributed by atoms with van der Waals surface area (Å²) in [6, 6.07) is 8.71. The summed E-state index contributed by atoms with van der Waals surface area (Å²) >= 11 is 0. The average Bonchev–Trinajstić information content (AvgIpc) is 2.54. The van der Waals surface area contributed by atoms with E-state index in [-0.39, 0.29) is 5.91 Å². The van der Waals surface area contributed by atoms with E-state index in [4.69, 9.17) is 10.00 Å². The summed E-state index contributed by atoms with van der Waals surface area (Å²) in [5.41, 5.74) is 1.71. The van der Waals surface area contributed by atoms with Gasteiger partial charge in [0.25, 0.3) is 5.91 Å². The van der Waals surface area contributed by atoms with Gasteiger partial charge in [-0.15, -0.1) is 0 Å². The maximum atomic E-state index is 12.4. The van der Waals surface area contributed by atoms with Crippen LogP contribution in [0.3, 0.4) is 0 Å². The molecule has 6 heteroatoms. The van der Waals surface area contributed by atoms with Gasteiger partial charge in [0.1, 0.15) is 17.5 Å². The molecule has 1 aromatic heterocycles. The standard InChI is InChI=1S/C15H14N4O2/c1-17-12-6-7-18-9-11(12)15(20)19-14-10(8-16)4-3-5-13(14)21-2/h3-7,9H,1-2H3,(H,17,18)(H,19,20). The van der Waals surface area contributed by atoms with Crippen molar-refractivity contribution in [1.29, 1.82) is 5.26 Å². The number of nitrogens with zero attached hydrogens (tertiary/aromatic N) is 2. The van der Waals surface area contributed by atoms with Crippen molar-refractivity contribution in [2.45, 2.75) is 0 Å². The number of hydrogen-bond acceptors (Lipinski definition) is 5. The molecule has 21 heavy (non-hydrogen) atoms. The zero-order valence-electron chi connectivity index (χ0n) is 11.7. The summed E-state index contributed by atoms with van der Waals surface area (Å²) in [5.74, 6) is 0.0609. The number of carbonyl (C=O) groups is 1. The number of aromatic nitrogens is 1. The number of carbonyl (C=O) groups excluding carboxylic acids is 1. The number of anilines is 2. The van der Waals surface area contributed by atoms with E-state index in [0.717, 1.165) is 0 Å². The predicted octanol–water partition coefficient (Wildman–Crippen LogP) is 2.26. The van der Waals surface area contributed by atoms with E-state index in [9.17, 15) is 4.79 Å². The van der Waals surface area contributed by atoms with Gasteiger partial charge in [0.2, 0.25) is 0 Å². The highest BCUT2D eigenvalue weighted by molar-refractivity contribution is 6.09. The number of methoxy groups -OCH3 is 1. The molecule has 0 saturated heterocycles. The molecule has 2 aromatic rings. The average molecular weight is 282 g/mol. The predicted molar refractivity (Wildman–Crippen MR) is 79.4 cm³/mol. The topological polar surface area (TPSA) is 87.0 Å². The Morgan fingerprint density at radius 1 is 1.38 bits per heavy atom. The Labute approximate surface area is 122 Å². The molecule has 0 spiro atoms. The summed E-state index contributed by atoms with van der Waals surface area (Å²) in [7, 11) is 3.20. The van der Waals surface area contributed by atoms with Gasteiger partial charge in [-0.2, -0.15) is 5.26 Å². The first-order chi connectivity index (χ1) is 10.2. The van der Waals surface area contributed by atoms with E-state index in [1.165, 1.54) is 13.3 Å². The summed E-state index contributed by atoms with van der Waals surface area (Å²) in [6.07, 6.45) is 3.05. The van der Waals surface area contributed by atoms with Crippen molar-refractivity contribution in [3.63, 3.8) is 0 Å². The Morgan fingerprint density at radius 3 is 2.86 bits per heavy atom. The van der Waals surface area contributed by atoms with Crippen LogP contribution in [0.5, 0.6) is 5.75 Å². The van der Waals surface area contributed by atoms with Gasteiger partial charge in [0, 0.05) is 25.1 Å². The Bertz CT molecular complexity index is 707. The van der Waals surface area contributed by atoms with Gasteiger partial charge in [0.15, 0.2) is 0 Å². The molecular formula is C15H14N4O2. The minimum absolute atomic E-state index is 0.331. The molecule has 0 fully saturated rings. The fraction of sp³-hybridized carbons (Fsp3) is 0.133. The number of benzene rings is 1. The smallest absolute Gasteiger partial charge is 0.259 e. The van der Waals surface area contributed by atoms with Crippen LogP contribution in [-0.2, 0) is 0 Å². The van der Waals surface area contributed by atoms with Gasteiger partial charge in [0.05, 0.1) is 18.2 Å². The maximum absolute atomic E-state index is 12.4. The SMILES string of the molecule is CNc1ccncc1C(=O)Nc1c(C#N)cccc1OC. The number of nitriles is 1. The second kappa shape index (κ2) is 6.39. The second-order valence-corrected chi connectivity index (χ2v) is 4.12. The number of pyridine rings is 1. The van der Waals surface area contributed by atoms with Crippen LogP contribution in [0.1, 0.15) is 15.9 Å². The number of rotatable bonds is 4. The minimum Gasteiger partial charge on any atom is -0.495 e. The lowest BCUT2D eigenvalue weighted by Gasteiger charge is -2.13. The lowest BCUT2D eigenvalue weighted by molar-refractivity contribution is 0.102. The molecular weight excluding hydrogens is 268 g/mol. The Morgan fingerprint density at radius 2 is 2.19 bits per heavy atom. The number of hydrogen-bond donors (Lipinski definition) is 2. The highest BCUT2D eigenvalue weighted by Crippen LogP contribution is 2.28. The van der Waals surface area contributed by atoms with Crippen molar-refractivity contribution in [2.24, 2.45) is 0 Å². The molecule has 1 amide bonds. The van der Waals surface area contributed by atoms with Crippen LogP contribution >= 0.6 is 0 Å². The molecule has 0 unspecified atom stereocenters. The van der Waals surface area contributed by atoms with Crippen LogP contribution in [0.15, 0.2) is 36.7 Å². The van der Waals surface area contributed by atoms with Crippen molar-refractivity contribution >= 4 is 17.3 Å². The van der Waals surface area contributed by atoms with Gasteiger partial charge >= 0.3 is 0 Å². The Hall–Kier alpha value is -3.07.